The van der Waals surface area contributed by atoms with E-state index in [2.05, 4.69) is 25.7 Å². The van der Waals surface area contributed by atoms with Gasteiger partial charge in [0.05, 0.1) is 23.6 Å². The van der Waals surface area contributed by atoms with Crippen LogP contribution in [0.2, 0.25) is 0 Å². The van der Waals surface area contributed by atoms with E-state index < -0.39 is 0 Å². The van der Waals surface area contributed by atoms with Crippen LogP contribution in [0.3, 0.4) is 0 Å². The van der Waals surface area contributed by atoms with E-state index in [0.29, 0.717) is 35.9 Å². The van der Waals surface area contributed by atoms with Gasteiger partial charge >= 0.3 is 0 Å². The van der Waals surface area contributed by atoms with Crippen molar-refractivity contribution in [1.82, 2.24) is 20.4 Å². The Labute approximate surface area is 153 Å². The van der Waals surface area contributed by atoms with Crippen LogP contribution in [0.15, 0.2) is 41.2 Å². The molecule has 2 aromatic heterocycles. The highest BCUT2D eigenvalue weighted by Crippen LogP contribution is 2.34. The normalized spacial score (nSPS) is 10.3. The summed E-state index contributed by atoms with van der Waals surface area (Å²) in [6, 6.07) is 9.05. The topological polar surface area (TPSA) is 95.7 Å². The van der Waals surface area contributed by atoms with Gasteiger partial charge in [-0.3, -0.25) is 9.89 Å². The Bertz CT molecular complexity index is 858. The van der Waals surface area contributed by atoms with Crippen LogP contribution in [0.1, 0.15) is 0 Å². The molecule has 0 spiro atoms. The second-order valence-electron chi connectivity index (χ2n) is 5.06. The van der Waals surface area contributed by atoms with E-state index >= 15 is 0 Å². The molecular formula is C16H17BrFN5O2. The first kappa shape index (κ1) is 18.8. The summed E-state index contributed by atoms with van der Waals surface area (Å²) in [5.41, 5.74) is 2.37. The Morgan fingerprint density at radius 1 is 1.12 bits per heavy atom. The Hall–Kier alpha value is -2.52. The van der Waals surface area contributed by atoms with E-state index in [1.165, 1.54) is 18.2 Å². The van der Waals surface area contributed by atoms with Gasteiger partial charge in [0.2, 0.25) is 0 Å². The second kappa shape index (κ2) is 8.54. The average molecular weight is 410 g/mol. The lowest BCUT2D eigenvalue weighted by atomic mass is 10.0. The van der Waals surface area contributed by atoms with Gasteiger partial charge in [-0.2, -0.15) is 10.2 Å². The molecule has 0 aliphatic rings. The number of hydrogen-bond donors (Lipinski definition) is 3. The molecular weight excluding hydrogens is 393 g/mol. The fourth-order valence-corrected chi connectivity index (χ4v) is 2.30. The molecule has 0 unspecified atom stereocenters. The Morgan fingerprint density at radius 2 is 1.88 bits per heavy atom. The fourth-order valence-electron chi connectivity index (χ4n) is 2.30. The average Bonchev–Trinajstić information content (AvgIpc) is 3.00. The third-order valence-electron chi connectivity index (χ3n) is 3.43. The predicted molar refractivity (Wildman–Crippen MR) is 98.5 cm³/mol. The molecule has 0 fully saturated rings. The lowest BCUT2D eigenvalue weighted by Crippen LogP contribution is -2.10. The predicted octanol–water partition coefficient (Wildman–Crippen LogP) is 2.60. The molecule has 132 valence electrons. The van der Waals surface area contributed by atoms with Gasteiger partial charge in [0.1, 0.15) is 5.82 Å². The largest absolute Gasteiger partial charge is 0.383 e. The number of benzene rings is 1. The van der Waals surface area contributed by atoms with Gasteiger partial charge in [0, 0.05) is 25.3 Å². The van der Waals surface area contributed by atoms with E-state index in [4.69, 9.17) is 4.74 Å². The molecule has 0 saturated carbocycles. The minimum Gasteiger partial charge on any atom is -0.383 e. The molecule has 25 heavy (non-hydrogen) atoms. The van der Waals surface area contributed by atoms with Crippen LogP contribution in [0.5, 0.6) is 0 Å². The fraction of sp³-hybridized carbons (Fsp3) is 0.188. The maximum Gasteiger partial charge on any atom is 0.264 e. The number of aromatic amines is 2. The van der Waals surface area contributed by atoms with Crippen LogP contribution in [-0.4, -0.2) is 40.7 Å². The third kappa shape index (κ3) is 4.31. The zero-order chi connectivity index (χ0) is 16.9. The highest BCUT2D eigenvalue weighted by molar-refractivity contribution is 8.93. The minimum atomic E-state index is -0.319. The van der Waals surface area contributed by atoms with Crippen molar-refractivity contribution in [2.24, 2.45) is 0 Å². The van der Waals surface area contributed by atoms with Crippen LogP contribution in [-0.2, 0) is 4.74 Å². The van der Waals surface area contributed by atoms with Gasteiger partial charge in [-0.15, -0.1) is 17.0 Å². The number of methoxy groups -OCH3 is 1. The maximum atomic E-state index is 13.2. The van der Waals surface area contributed by atoms with Crippen LogP contribution in [0, 0.1) is 5.82 Å². The van der Waals surface area contributed by atoms with Crippen molar-refractivity contribution in [1.29, 1.82) is 0 Å². The lowest BCUT2D eigenvalue weighted by molar-refractivity contribution is 0.210. The van der Waals surface area contributed by atoms with Crippen molar-refractivity contribution in [3.63, 3.8) is 0 Å². The molecule has 3 rings (SSSR count). The van der Waals surface area contributed by atoms with E-state index in [0.717, 1.165) is 5.56 Å². The van der Waals surface area contributed by atoms with Crippen molar-refractivity contribution in [3.05, 3.63) is 52.6 Å². The summed E-state index contributed by atoms with van der Waals surface area (Å²) in [6.45, 7) is 1.07. The Morgan fingerprint density at radius 3 is 2.52 bits per heavy atom. The summed E-state index contributed by atoms with van der Waals surface area (Å²) in [4.78, 5) is 11.3. The highest BCUT2D eigenvalue weighted by Gasteiger charge is 2.18. The Kier molecular flexibility index (Phi) is 6.43. The summed E-state index contributed by atoms with van der Waals surface area (Å²) < 4.78 is 18.2. The van der Waals surface area contributed by atoms with Gasteiger partial charge in [0.25, 0.3) is 5.56 Å². The maximum absolute atomic E-state index is 13.2. The van der Waals surface area contributed by atoms with Gasteiger partial charge in [-0.1, -0.05) is 0 Å². The number of nitrogens with one attached hydrogen (secondary N) is 3. The third-order valence-corrected chi connectivity index (χ3v) is 3.43. The molecule has 0 aliphatic heterocycles. The van der Waals surface area contributed by atoms with Gasteiger partial charge in [-0.25, -0.2) is 9.49 Å². The summed E-state index contributed by atoms with van der Waals surface area (Å²) in [5, 5.41) is 16.8. The number of aromatic nitrogens is 4. The van der Waals surface area contributed by atoms with Gasteiger partial charge in [-0.05, 0) is 30.3 Å². The second-order valence-corrected chi connectivity index (χ2v) is 5.06. The molecule has 0 aliphatic carbocycles. The molecule has 0 bridgehead atoms. The monoisotopic (exact) mass is 409 g/mol. The SMILES string of the molecule is Br.COCCNc1n[nH]c(-c2ccc(F)cc2)c1-c1ccc(=O)[nH]n1. The summed E-state index contributed by atoms with van der Waals surface area (Å²) >= 11 is 0. The van der Waals surface area contributed by atoms with E-state index in [1.807, 2.05) is 0 Å². The molecule has 0 atom stereocenters. The van der Waals surface area contributed by atoms with E-state index in [9.17, 15) is 9.18 Å². The lowest BCUT2D eigenvalue weighted by Gasteiger charge is -2.07. The summed E-state index contributed by atoms with van der Waals surface area (Å²) in [7, 11) is 1.61. The number of H-pyrrole nitrogens is 2. The van der Waals surface area contributed by atoms with Crippen molar-refractivity contribution in [3.8, 4) is 22.5 Å². The quantitative estimate of drug-likeness (QED) is 0.543. The number of ether oxygens (including phenoxy) is 1. The first-order valence-electron chi connectivity index (χ1n) is 7.32. The first-order valence-corrected chi connectivity index (χ1v) is 7.32. The minimum absolute atomic E-state index is 0. The Balaban J connectivity index is 0.00000225. The number of hydrogen-bond acceptors (Lipinski definition) is 5. The van der Waals surface area contributed by atoms with Crippen molar-refractivity contribution < 1.29 is 9.13 Å². The number of halogens is 2. The molecule has 0 amide bonds. The highest BCUT2D eigenvalue weighted by atomic mass is 79.9. The van der Waals surface area contributed by atoms with Crippen molar-refractivity contribution >= 4 is 22.8 Å². The molecule has 7 nitrogen and oxygen atoms in total. The van der Waals surface area contributed by atoms with E-state index in [1.54, 1.807) is 25.3 Å². The molecule has 0 saturated heterocycles. The molecule has 3 aromatic rings. The first-order chi connectivity index (χ1) is 11.7. The molecule has 0 radical (unpaired) electrons. The number of nitrogens with zero attached hydrogens (tertiary/aromatic N) is 2. The number of anilines is 1. The summed E-state index contributed by atoms with van der Waals surface area (Å²) in [6.07, 6.45) is 0. The summed E-state index contributed by atoms with van der Waals surface area (Å²) in [5.74, 6) is 0.256. The standard InChI is InChI=1S/C16H16FN5O2.BrH/c1-24-9-8-18-16-14(12-6-7-13(23)20-19-12)15(21-22-16)10-2-4-11(17)5-3-10;/h2-7H,8-9H2,1H3,(H,20,23)(H2,18,21,22);1H. The zero-order valence-electron chi connectivity index (χ0n) is 13.4. The van der Waals surface area contributed by atoms with E-state index in [-0.39, 0.29) is 28.4 Å². The zero-order valence-corrected chi connectivity index (χ0v) is 15.1. The van der Waals surface area contributed by atoms with Crippen LogP contribution in [0.25, 0.3) is 22.5 Å². The molecule has 2 heterocycles. The molecule has 1 aromatic carbocycles. The smallest absolute Gasteiger partial charge is 0.264 e. The van der Waals surface area contributed by atoms with Crippen molar-refractivity contribution in [2.45, 2.75) is 0 Å². The van der Waals surface area contributed by atoms with Crippen LogP contribution in [0.4, 0.5) is 10.2 Å². The van der Waals surface area contributed by atoms with Gasteiger partial charge in [0.15, 0.2) is 5.82 Å². The molecule has 3 N–H and O–H groups in total. The molecule has 9 heteroatoms. The number of rotatable bonds is 6. The van der Waals surface area contributed by atoms with Gasteiger partial charge < -0.3 is 10.1 Å². The van der Waals surface area contributed by atoms with Crippen molar-refractivity contribution in [2.75, 3.05) is 25.6 Å². The van der Waals surface area contributed by atoms with Crippen LogP contribution >= 0.6 is 17.0 Å². The van der Waals surface area contributed by atoms with Crippen LogP contribution < -0.4 is 10.9 Å².